The van der Waals surface area contributed by atoms with Gasteiger partial charge in [0.15, 0.2) is 0 Å². The summed E-state index contributed by atoms with van der Waals surface area (Å²) in [6, 6.07) is 3.76. The van der Waals surface area contributed by atoms with Crippen molar-refractivity contribution in [2.24, 2.45) is 5.92 Å². The van der Waals surface area contributed by atoms with E-state index in [9.17, 15) is 4.79 Å². The number of hydrogen-bond donors (Lipinski definition) is 1. The van der Waals surface area contributed by atoms with E-state index in [0.717, 1.165) is 24.9 Å². The number of nitrogens with one attached hydrogen (secondary N) is 1. The maximum Gasteiger partial charge on any atom is 0.244 e. The summed E-state index contributed by atoms with van der Waals surface area (Å²) < 4.78 is 0. The van der Waals surface area contributed by atoms with Crippen LogP contribution in [0.25, 0.3) is 6.08 Å². The highest BCUT2D eigenvalue weighted by atomic mass is 16.1. The minimum atomic E-state index is -0.0410. The minimum Gasteiger partial charge on any atom is -0.352 e. The Hall–Kier alpha value is -1.64. The van der Waals surface area contributed by atoms with Gasteiger partial charge in [0, 0.05) is 25.0 Å². The van der Waals surface area contributed by atoms with E-state index in [1.165, 1.54) is 0 Å². The number of nitrogens with zero attached hydrogens (tertiary/aromatic N) is 1. The number of hydrogen-bond acceptors (Lipinski definition) is 2. The van der Waals surface area contributed by atoms with Gasteiger partial charge in [0.05, 0.1) is 0 Å². The van der Waals surface area contributed by atoms with Gasteiger partial charge in [-0.25, -0.2) is 0 Å². The van der Waals surface area contributed by atoms with Crippen molar-refractivity contribution in [2.75, 3.05) is 6.54 Å². The number of aromatic nitrogens is 1. The van der Waals surface area contributed by atoms with Gasteiger partial charge >= 0.3 is 0 Å². The largest absolute Gasteiger partial charge is 0.352 e. The smallest absolute Gasteiger partial charge is 0.244 e. The van der Waals surface area contributed by atoms with Crippen LogP contribution in [-0.2, 0) is 4.79 Å². The fourth-order valence-corrected chi connectivity index (χ4v) is 1.53. The van der Waals surface area contributed by atoms with Gasteiger partial charge in [-0.1, -0.05) is 32.8 Å². The van der Waals surface area contributed by atoms with E-state index >= 15 is 0 Å². The number of amides is 1. The second-order valence-corrected chi connectivity index (χ2v) is 4.05. The first-order valence-corrected chi connectivity index (χ1v) is 6.12. The fourth-order valence-electron chi connectivity index (χ4n) is 1.53. The van der Waals surface area contributed by atoms with Crippen LogP contribution < -0.4 is 5.32 Å². The molecule has 0 aromatic carbocycles. The molecule has 1 amide bonds. The molecule has 0 spiro atoms. The maximum absolute atomic E-state index is 11.5. The van der Waals surface area contributed by atoms with Gasteiger partial charge in [-0.15, -0.1) is 0 Å². The van der Waals surface area contributed by atoms with E-state index in [-0.39, 0.29) is 5.91 Å². The number of rotatable bonds is 6. The van der Waals surface area contributed by atoms with Crippen LogP contribution in [0, 0.1) is 5.92 Å². The van der Waals surface area contributed by atoms with Crippen molar-refractivity contribution in [3.8, 4) is 0 Å². The number of carbonyl (C=O) groups excluding carboxylic acids is 1. The molecule has 1 rings (SSSR count). The molecule has 0 saturated carbocycles. The lowest BCUT2D eigenvalue weighted by Gasteiger charge is -2.11. The van der Waals surface area contributed by atoms with E-state index in [4.69, 9.17) is 0 Å². The van der Waals surface area contributed by atoms with Crippen molar-refractivity contribution in [2.45, 2.75) is 26.7 Å². The molecule has 92 valence electrons. The molecular weight excluding hydrogens is 212 g/mol. The van der Waals surface area contributed by atoms with Gasteiger partial charge in [0.2, 0.25) is 5.91 Å². The molecule has 0 unspecified atom stereocenters. The second-order valence-electron chi connectivity index (χ2n) is 4.05. The van der Waals surface area contributed by atoms with Crippen molar-refractivity contribution >= 4 is 12.0 Å². The fraction of sp³-hybridized carbons (Fsp3) is 0.429. The summed E-state index contributed by atoms with van der Waals surface area (Å²) in [4.78, 5) is 15.5. The normalized spacial score (nSPS) is 11.0. The lowest BCUT2D eigenvalue weighted by Crippen LogP contribution is -2.27. The molecule has 0 saturated heterocycles. The van der Waals surface area contributed by atoms with Crippen LogP contribution >= 0.6 is 0 Å². The predicted octanol–water partition coefficient (Wildman–Crippen LogP) is 2.65. The summed E-state index contributed by atoms with van der Waals surface area (Å²) in [5, 5.41) is 2.91. The van der Waals surface area contributed by atoms with Crippen LogP contribution in [0.2, 0.25) is 0 Å². The summed E-state index contributed by atoms with van der Waals surface area (Å²) in [5.74, 6) is 0.534. The third-order valence-corrected chi connectivity index (χ3v) is 2.83. The monoisotopic (exact) mass is 232 g/mol. The minimum absolute atomic E-state index is 0.0410. The van der Waals surface area contributed by atoms with Crippen molar-refractivity contribution in [1.82, 2.24) is 10.3 Å². The van der Waals surface area contributed by atoms with Gasteiger partial charge in [-0.2, -0.15) is 0 Å². The van der Waals surface area contributed by atoms with E-state index in [1.807, 2.05) is 12.1 Å². The Kier molecular flexibility index (Phi) is 6.00. The highest BCUT2D eigenvalue weighted by molar-refractivity contribution is 5.91. The second kappa shape index (κ2) is 7.60. The quantitative estimate of drug-likeness (QED) is 0.766. The average Bonchev–Trinajstić information content (AvgIpc) is 2.39. The van der Waals surface area contributed by atoms with E-state index in [1.54, 1.807) is 24.5 Å². The lowest BCUT2D eigenvalue weighted by atomic mass is 10.0. The molecular formula is C14H20N2O. The Morgan fingerprint density at radius 2 is 2.24 bits per heavy atom. The zero-order chi connectivity index (χ0) is 12.5. The van der Waals surface area contributed by atoms with Crippen LogP contribution in [-0.4, -0.2) is 17.4 Å². The molecule has 0 aliphatic heterocycles. The average molecular weight is 232 g/mol. The molecule has 0 aliphatic rings. The van der Waals surface area contributed by atoms with Crippen LogP contribution in [0.1, 0.15) is 32.3 Å². The van der Waals surface area contributed by atoms with Crippen molar-refractivity contribution in [1.29, 1.82) is 0 Å². The number of carbonyl (C=O) groups is 1. The van der Waals surface area contributed by atoms with Crippen LogP contribution in [0.3, 0.4) is 0 Å². The van der Waals surface area contributed by atoms with Gasteiger partial charge in [-0.05, 0) is 23.6 Å². The Morgan fingerprint density at radius 3 is 2.82 bits per heavy atom. The summed E-state index contributed by atoms with van der Waals surface area (Å²) in [7, 11) is 0. The molecule has 3 nitrogen and oxygen atoms in total. The molecule has 1 aromatic rings. The molecule has 1 N–H and O–H groups in total. The lowest BCUT2D eigenvalue weighted by molar-refractivity contribution is -0.116. The Bertz CT molecular complexity index is 356. The van der Waals surface area contributed by atoms with Crippen molar-refractivity contribution in [3.63, 3.8) is 0 Å². The first-order valence-electron chi connectivity index (χ1n) is 6.12. The van der Waals surface area contributed by atoms with Crippen molar-refractivity contribution < 1.29 is 4.79 Å². The summed E-state index contributed by atoms with van der Waals surface area (Å²) in [5.41, 5.74) is 0.935. The van der Waals surface area contributed by atoms with E-state index in [2.05, 4.69) is 24.1 Å². The Morgan fingerprint density at radius 1 is 1.47 bits per heavy atom. The van der Waals surface area contributed by atoms with Crippen LogP contribution in [0.5, 0.6) is 0 Å². The van der Waals surface area contributed by atoms with E-state index in [0.29, 0.717) is 5.92 Å². The summed E-state index contributed by atoms with van der Waals surface area (Å²) in [6.07, 6.45) is 8.97. The molecule has 17 heavy (non-hydrogen) atoms. The van der Waals surface area contributed by atoms with E-state index < -0.39 is 0 Å². The molecule has 1 heterocycles. The SMILES string of the molecule is CCC(CC)CNC(=O)/C=C/c1cccnc1. The molecule has 0 fully saturated rings. The summed E-state index contributed by atoms with van der Waals surface area (Å²) >= 11 is 0. The van der Waals surface area contributed by atoms with Gasteiger partial charge < -0.3 is 5.32 Å². The molecule has 0 atom stereocenters. The number of pyridine rings is 1. The van der Waals surface area contributed by atoms with Crippen LogP contribution in [0.4, 0.5) is 0 Å². The molecule has 3 heteroatoms. The standard InChI is InChI=1S/C14H20N2O/c1-3-12(4-2)11-16-14(17)8-7-13-6-5-9-15-10-13/h5-10,12H,3-4,11H2,1-2H3,(H,16,17)/b8-7+. The third kappa shape index (κ3) is 5.29. The predicted molar refractivity (Wildman–Crippen MR) is 70.4 cm³/mol. The highest BCUT2D eigenvalue weighted by Gasteiger charge is 2.03. The van der Waals surface area contributed by atoms with Crippen LogP contribution in [0.15, 0.2) is 30.6 Å². The summed E-state index contributed by atoms with van der Waals surface area (Å²) in [6.45, 7) is 5.04. The Labute approximate surface area is 103 Å². The molecule has 1 aromatic heterocycles. The third-order valence-electron chi connectivity index (χ3n) is 2.83. The molecule has 0 radical (unpaired) electrons. The first-order chi connectivity index (χ1) is 8.26. The zero-order valence-electron chi connectivity index (χ0n) is 10.5. The molecule has 0 bridgehead atoms. The highest BCUT2D eigenvalue weighted by Crippen LogP contribution is 2.05. The van der Waals surface area contributed by atoms with Gasteiger partial charge in [0.1, 0.15) is 0 Å². The first kappa shape index (κ1) is 13.4. The van der Waals surface area contributed by atoms with Gasteiger partial charge in [0.25, 0.3) is 0 Å². The maximum atomic E-state index is 11.5. The zero-order valence-corrected chi connectivity index (χ0v) is 10.5. The van der Waals surface area contributed by atoms with Crippen molar-refractivity contribution in [3.05, 3.63) is 36.2 Å². The molecule has 0 aliphatic carbocycles. The Balaban J connectivity index is 2.37. The van der Waals surface area contributed by atoms with Gasteiger partial charge in [-0.3, -0.25) is 9.78 Å². The topological polar surface area (TPSA) is 42.0 Å².